The van der Waals surface area contributed by atoms with Gasteiger partial charge in [-0.1, -0.05) is 0 Å². The predicted molar refractivity (Wildman–Crippen MR) is 62.5 cm³/mol. The van der Waals surface area contributed by atoms with E-state index in [1.54, 1.807) is 0 Å². The van der Waals surface area contributed by atoms with Gasteiger partial charge in [0.1, 0.15) is 0 Å². The summed E-state index contributed by atoms with van der Waals surface area (Å²) in [6, 6.07) is 5.15. The van der Waals surface area contributed by atoms with Crippen LogP contribution in [0.1, 0.15) is 0 Å². The van der Waals surface area contributed by atoms with E-state index in [1.165, 1.54) is 24.3 Å². The molecule has 0 saturated carbocycles. The first-order valence-electron chi connectivity index (χ1n) is 4.59. The quantitative estimate of drug-likeness (QED) is 0.274. The number of carbonyl (C=O) groups is 2. The number of benzene rings is 1. The number of nitrogens with two attached hydrogens (primary N) is 2. The fourth-order valence-corrected chi connectivity index (χ4v) is 1.01. The van der Waals surface area contributed by atoms with Crippen LogP contribution in [0.2, 0.25) is 0 Å². The zero-order valence-electron chi connectivity index (χ0n) is 8.99. The van der Waals surface area contributed by atoms with E-state index >= 15 is 0 Å². The average Bonchev–Trinajstić information content (AvgIpc) is 2.28. The highest BCUT2D eigenvalue weighted by Crippen LogP contribution is 2.15. The molecule has 2 amide bonds. The van der Waals surface area contributed by atoms with E-state index in [0.717, 1.165) is 0 Å². The zero-order chi connectivity index (χ0) is 13.7. The highest BCUT2D eigenvalue weighted by Gasteiger charge is 2.13. The summed E-state index contributed by atoms with van der Waals surface area (Å²) in [5, 5.41) is 13.8. The monoisotopic (exact) mass is 251 g/mol. The number of primary amides is 2. The van der Waals surface area contributed by atoms with Crippen LogP contribution in [0.15, 0.2) is 29.4 Å². The third-order valence-corrected chi connectivity index (χ3v) is 1.84. The smallest absolute Gasteiger partial charge is 0.274 e. The highest BCUT2D eigenvalue weighted by atomic mass is 16.6. The van der Waals surface area contributed by atoms with Crippen molar-refractivity contribution in [3.05, 3.63) is 34.4 Å². The van der Waals surface area contributed by atoms with Crippen molar-refractivity contribution in [3.8, 4) is 0 Å². The molecule has 0 atom stereocenters. The van der Waals surface area contributed by atoms with Gasteiger partial charge in [0, 0.05) is 12.1 Å². The van der Waals surface area contributed by atoms with Gasteiger partial charge in [0.2, 0.25) is 5.71 Å². The van der Waals surface area contributed by atoms with Crippen LogP contribution in [-0.4, -0.2) is 22.4 Å². The third-order valence-electron chi connectivity index (χ3n) is 1.84. The van der Waals surface area contributed by atoms with Crippen molar-refractivity contribution in [2.45, 2.75) is 0 Å². The first-order valence-corrected chi connectivity index (χ1v) is 4.59. The van der Waals surface area contributed by atoms with Gasteiger partial charge in [-0.3, -0.25) is 25.1 Å². The van der Waals surface area contributed by atoms with Crippen molar-refractivity contribution in [3.63, 3.8) is 0 Å². The van der Waals surface area contributed by atoms with Crippen molar-refractivity contribution in [2.24, 2.45) is 16.6 Å². The number of nitrogens with zero attached hydrogens (tertiary/aromatic N) is 2. The van der Waals surface area contributed by atoms with Gasteiger partial charge >= 0.3 is 0 Å². The lowest BCUT2D eigenvalue weighted by Gasteiger charge is -2.01. The summed E-state index contributed by atoms with van der Waals surface area (Å²) in [6.07, 6.45) is 0. The molecule has 0 spiro atoms. The SMILES string of the molecule is NC(=O)C(=NNc1ccc([N+](=O)[O-])cc1)C(N)=O. The van der Waals surface area contributed by atoms with E-state index in [1.807, 2.05) is 0 Å². The minimum absolute atomic E-state index is 0.102. The normalized spacial score (nSPS) is 9.33. The Morgan fingerprint density at radius 3 is 2.06 bits per heavy atom. The molecule has 0 bridgehead atoms. The van der Waals surface area contributed by atoms with Crippen LogP contribution in [0.3, 0.4) is 0 Å². The van der Waals surface area contributed by atoms with Crippen LogP contribution in [0.25, 0.3) is 0 Å². The fourth-order valence-electron chi connectivity index (χ4n) is 1.01. The topological polar surface area (TPSA) is 154 Å². The number of carbonyl (C=O) groups excluding carboxylic acids is 2. The van der Waals surface area contributed by atoms with Gasteiger partial charge in [0.25, 0.3) is 17.5 Å². The number of amides is 2. The Kier molecular flexibility index (Phi) is 3.92. The van der Waals surface area contributed by atoms with Gasteiger partial charge in [0.15, 0.2) is 0 Å². The third kappa shape index (κ3) is 3.27. The molecule has 9 heteroatoms. The molecule has 0 saturated heterocycles. The summed E-state index contributed by atoms with van der Waals surface area (Å²) in [5.41, 5.74) is 11.7. The summed E-state index contributed by atoms with van der Waals surface area (Å²) in [6.45, 7) is 0. The predicted octanol–water partition coefficient (Wildman–Crippen LogP) is -0.667. The molecule has 9 nitrogen and oxygen atoms in total. The lowest BCUT2D eigenvalue weighted by Crippen LogP contribution is -2.36. The van der Waals surface area contributed by atoms with Crippen LogP contribution in [0, 0.1) is 10.1 Å². The molecule has 0 aliphatic carbocycles. The van der Waals surface area contributed by atoms with Gasteiger partial charge in [-0.25, -0.2) is 0 Å². The van der Waals surface area contributed by atoms with Crippen LogP contribution in [0.4, 0.5) is 11.4 Å². The summed E-state index contributed by atoms with van der Waals surface area (Å²) >= 11 is 0. The molecule has 1 rings (SSSR count). The molecular weight excluding hydrogens is 242 g/mol. The fraction of sp³-hybridized carbons (Fsp3) is 0. The lowest BCUT2D eigenvalue weighted by molar-refractivity contribution is -0.384. The van der Waals surface area contributed by atoms with Gasteiger partial charge in [-0.05, 0) is 12.1 Å². The molecule has 0 heterocycles. The number of non-ortho nitro benzene ring substituents is 1. The first-order chi connectivity index (χ1) is 8.41. The Balaban J connectivity index is 2.85. The number of hydrogen-bond acceptors (Lipinski definition) is 6. The van der Waals surface area contributed by atoms with Crippen molar-refractivity contribution < 1.29 is 14.5 Å². The van der Waals surface area contributed by atoms with Crippen LogP contribution < -0.4 is 16.9 Å². The molecule has 94 valence electrons. The van der Waals surface area contributed by atoms with Gasteiger partial charge < -0.3 is 11.5 Å². The summed E-state index contributed by atoms with van der Waals surface area (Å²) < 4.78 is 0. The molecular formula is C9H9N5O4. The zero-order valence-corrected chi connectivity index (χ0v) is 8.99. The highest BCUT2D eigenvalue weighted by molar-refractivity contribution is 6.64. The number of anilines is 1. The Morgan fingerprint density at radius 1 is 1.17 bits per heavy atom. The Hall–Kier alpha value is -2.97. The molecule has 0 radical (unpaired) electrons. The molecule has 0 aliphatic heterocycles. The van der Waals surface area contributed by atoms with Crippen LogP contribution >= 0.6 is 0 Å². The van der Waals surface area contributed by atoms with Gasteiger partial charge in [0.05, 0.1) is 10.6 Å². The number of rotatable bonds is 5. The van der Waals surface area contributed by atoms with E-state index in [-0.39, 0.29) is 5.69 Å². The minimum Gasteiger partial charge on any atom is -0.364 e. The summed E-state index contributed by atoms with van der Waals surface area (Å²) in [7, 11) is 0. The largest absolute Gasteiger partial charge is 0.364 e. The number of nitro benzene ring substituents is 1. The van der Waals surface area contributed by atoms with Crippen molar-refractivity contribution >= 4 is 28.9 Å². The average molecular weight is 251 g/mol. The number of nitro groups is 1. The molecule has 1 aromatic carbocycles. The maximum absolute atomic E-state index is 10.8. The van der Waals surface area contributed by atoms with Crippen molar-refractivity contribution in [1.29, 1.82) is 0 Å². The molecule has 0 aromatic heterocycles. The Labute approximate surface area is 101 Å². The molecule has 18 heavy (non-hydrogen) atoms. The van der Waals surface area contributed by atoms with E-state index < -0.39 is 22.4 Å². The number of nitrogens with one attached hydrogen (secondary N) is 1. The Bertz CT molecular complexity index is 506. The Morgan fingerprint density at radius 2 is 1.67 bits per heavy atom. The molecule has 0 fully saturated rings. The van der Waals surface area contributed by atoms with E-state index in [2.05, 4.69) is 10.5 Å². The molecule has 0 unspecified atom stereocenters. The van der Waals surface area contributed by atoms with Gasteiger partial charge in [-0.2, -0.15) is 5.10 Å². The van der Waals surface area contributed by atoms with Crippen LogP contribution in [0.5, 0.6) is 0 Å². The minimum atomic E-state index is -1.07. The van der Waals surface area contributed by atoms with E-state index in [0.29, 0.717) is 5.69 Å². The number of hydrazone groups is 1. The standard InChI is InChI=1S/C9H9N5O4/c10-8(15)7(9(11)16)13-12-5-1-3-6(4-2-5)14(17)18/h1-4,12H,(H2,10,15)(H2,11,16). The van der Waals surface area contributed by atoms with Crippen LogP contribution in [-0.2, 0) is 9.59 Å². The second-order valence-electron chi connectivity index (χ2n) is 3.10. The number of hydrogen-bond donors (Lipinski definition) is 3. The summed E-state index contributed by atoms with van der Waals surface area (Å²) in [4.78, 5) is 31.4. The second kappa shape index (κ2) is 5.39. The molecule has 5 N–H and O–H groups in total. The van der Waals surface area contributed by atoms with E-state index in [9.17, 15) is 19.7 Å². The second-order valence-corrected chi connectivity index (χ2v) is 3.10. The van der Waals surface area contributed by atoms with Crippen molar-refractivity contribution in [2.75, 3.05) is 5.43 Å². The lowest BCUT2D eigenvalue weighted by atomic mass is 10.3. The maximum Gasteiger partial charge on any atom is 0.274 e. The maximum atomic E-state index is 10.8. The first kappa shape index (κ1) is 13.1. The van der Waals surface area contributed by atoms with Crippen molar-refractivity contribution in [1.82, 2.24) is 0 Å². The molecule has 0 aliphatic rings. The summed E-state index contributed by atoms with van der Waals surface area (Å²) in [5.74, 6) is -2.14. The van der Waals surface area contributed by atoms with E-state index in [4.69, 9.17) is 11.5 Å². The molecule has 1 aromatic rings. The van der Waals surface area contributed by atoms with Gasteiger partial charge in [-0.15, -0.1) is 0 Å².